The molecule has 0 aliphatic heterocycles. The van der Waals surface area contributed by atoms with Crippen LogP contribution in [0, 0.1) is 0 Å². The SMILES string of the molecule is COC(C)CNc1cc(-c2nc(C(=O)Nc3cn(C)nc3C(N)=O)co2)ccn1. The monoisotopic (exact) mass is 399 g/mol. The summed E-state index contributed by atoms with van der Waals surface area (Å²) in [6.07, 6.45) is 4.33. The van der Waals surface area contributed by atoms with Gasteiger partial charge in [0.15, 0.2) is 11.4 Å². The van der Waals surface area contributed by atoms with Gasteiger partial charge in [-0.3, -0.25) is 14.3 Å². The molecule has 152 valence electrons. The number of carbonyl (C=O) groups is 2. The number of carbonyl (C=O) groups excluding carboxylic acids is 2. The van der Waals surface area contributed by atoms with Gasteiger partial charge in [-0.25, -0.2) is 9.97 Å². The molecule has 0 saturated carbocycles. The lowest BCUT2D eigenvalue weighted by molar-refractivity contribution is 0.0995. The van der Waals surface area contributed by atoms with Crippen molar-refractivity contribution in [2.24, 2.45) is 12.8 Å². The van der Waals surface area contributed by atoms with Crippen LogP contribution in [0.5, 0.6) is 0 Å². The summed E-state index contributed by atoms with van der Waals surface area (Å²) in [7, 11) is 3.24. The molecular weight excluding hydrogens is 378 g/mol. The number of amides is 2. The van der Waals surface area contributed by atoms with E-state index in [1.165, 1.54) is 17.1 Å². The number of oxazole rings is 1. The van der Waals surface area contributed by atoms with E-state index in [1.54, 1.807) is 32.5 Å². The second-order valence-electron chi connectivity index (χ2n) is 6.28. The topological polar surface area (TPSA) is 150 Å². The van der Waals surface area contributed by atoms with Crippen molar-refractivity contribution in [3.8, 4) is 11.5 Å². The highest BCUT2D eigenvalue weighted by Crippen LogP contribution is 2.21. The van der Waals surface area contributed by atoms with Gasteiger partial charge in [0, 0.05) is 38.7 Å². The molecule has 3 aromatic heterocycles. The lowest BCUT2D eigenvalue weighted by atomic mass is 10.2. The van der Waals surface area contributed by atoms with Crippen molar-refractivity contribution in [1.82, 2.24) is 19.7 Å². The maximum atomic E-state index is 12.5. The van der Waals surface area contributed by atoms with Gasteiger partial charge in [-0.1, -0.05) is 0 Å². The van der Waals surface area contributed by atoms with E-state index in [1.807, 2.05) is 6.92 Å². The third-order valence-electron chi connectivity index (χ3n) is 4.03. The molecule has 3 rings (SSSR count). The van der Waals surface area contributed by atoms with Crippen LogP contribution in [0.15, 0.2) is 35.2 Å². The summed E-state index contributed by atoms with van der Waals surface area (Å²) in [4.78, 5) is 32.3. The van der Waals surface area contributed by atoms with E-state index in [-0.39, 0.29) is 29.1 Å². The Morgan fingerprint density at radius 2 is 2.21 bits per heavy atom. The molecule has 29 heavy (non-hydrogen) atoms. The normalized spacial score (nSPS) is 11.8. The predicted octanol–water partition coefficient (Wildman–Crippen LogP) is 1.27. The standard InChI is InChI=1S/C18H21N7O4/c1-10(28-3)7-21-14-6-11(4-5-20-14)18-23-13(9-29-18)17(27)22-12-8-25(2)24-15(12)16(19)26/h4-6,8-10H,7H2,1-3H3,(H2,19,26)(H,20,21)(H,22,27). The molecule has 0 fully saturated rings. The zero-order chi connectivity index (χ0) is 21.0. The molecule has 0 spiro atoms. The summed E-state index contributed by atoms with van der Waals surface area (Å²) in [5.41, 5.74) is 6.10. The van der Waals surface area contributed by atoms with Crippen molar-refractivity contribution >= 4 is 23.3 Å². The number of anilines is 2. The van der Waals surface area contributed by atoms with E-state index in [9.17, 15) is 9.59 Å². The lowest BCUT2D eigenvalue weighted by Crippen LogP contribution is -2.18. The van der Waals surface area contributed by atoms with E-state index < -0.39 is 11.8 Å². The third-order valence-corrected chi connectivity index (χ3v) is 4.03. The molecule has 2 amide bonds. The Bertz CT molecular complexity index is 1030. The summed E-state index contributed by atoms with van der Waals surface area (Å²) < 4.78 is 12.0. The molecule has 0 aliphatic rings. The van der Waals surface area contributed by atoms with Crippen LogP contribution in [0.2, 0.25) is 0 Å². The van der Waals surface area contributed by atoms with E-state index in [0.29, 0.717) is 17.9 Å². The number of hydrogen-bond acceptors (Lipinski definition) is 8. The van der Waals surface area contributed by atoms with Crippen LogP contribution in [0.3, 0.4) is 0 Å². The molecule has 1 unspecified atom stereocenters. The largest absolute Gasteiger partial charge is 0.444 e. The Kier molecular flexibility index (Phi) is 5.88. The summed E-state index contributed by atoms with van der Waals surface area (Å²) in [5, 5.41) is 9.63. The van der Waals surface area contributed by atoms with Crippen molar-refractivity contribution in [1.29, 1.82) is 0 Å². The molecule has 3 aromatic rings. The number of hydrogen-bond donors (Lipinski definition) is 3. The average Bonchev–Trinajstić information content (AvgIpc) is 3.33. The van der Waals surface area contributed by atoms with Crippen LogP contribution in [-0.4, -0.2) is 51.3 Å². The molecule has 11 nitrogen and oxygen atoms in total. The number of nitrogens with two attached hydrogens (primary N) is 1. The van der Waals surface area contributed by atoms with Crippen LogP contribution in [0.1, 0.15) is 27.9 Å². The molecule has 0 saturated heterocycles. The highest BCUT2D eigenvalue weighted by Gasteiger charge is 2.19. The molecule has 1 atom stereocenters. The first kappa shape index (κ1) is 20.0. The Morgan fingerprint density at radius 3 is 2.93 bits per heavy atom. The predicted molar refractivity (Wildman–Crippen MR) is 104 cm³/mol. The van der Waals surface area contributed by atoms with Crippen molar-refractivity contribution in [3.63, 3.8) is 0 Å². The van der Waals surface area contributed by atoms with Gasteiger partial charge in [-0.05, 0) is 19.1 Å². The minimum atomic E-state index is -0.749. The molecular formula is C18H21N7O4. The highest BCUT2D eigenvalue weighted by atomic mass is 16.5. The number of aryl methyl sites for hydroxylation is 1. The maximum absolute atomic E-state index is 12.5. The second kappa shape index (κ2) is 8.52. The maximum Gasteiger partial charge on any atom is 0.277 e. The number of primary amides is 1. The number of nitrogens with zero attached hydrogens (tertiary/aromatic N) is 4. The smallest absolute Gasteiger partial charge is 0.277 e. The number of aromatic nitrogens is 4. The van der Waals surface area contributed by atoms with Crippen LogP contribution < -0.4 is 16.4 Å². The molecule has 11 heteroatoms. The molecule has 0 aromatic carbocycles. The van der Waals surface area contributed by atoms with Gasteiger partial charge in [-0.2, -0.15) is 5.10 Å². The van der Waals surface area contributed by atoms with Gasteiger partial charge in [0.2, 0.25) is 5.89 Å². The molecule has 3 heterocycles. The fraction of sp³-hybridized carbons (Fsp3) is 0.278. The summed E-state index contributed by atoms with van der Waals surface area (Å²) in [6.45, 7) is 2.52. The van der Waals surface area contributed by atoms with Crippen molar-refractivity contribution in [2.45, 2.75) is 13.0 Å². The summed E-state index contributed by atoms with van der Waals surface area (Å²) in [6, 6.07) is 3.47. The highest BCUT2D eigenvalue weighted by molar-refractivity contribution is 6.07. The number of methoxy groups -OCH3 is 1. The first-order valence-corrected chi connectivity index (χ1v) is 8.70. The van der Waals surface area contributed by atoms with Crippen LogP contribution >= 0.6 is 0 Å². The zero-order valence-electron chi connectivity index (χ0n) is 16.2. The molecule has 0 aliphatic carbocycles. The minimum absolute atomic E-state index is 0.0234. The Balaban J connectivity index is 1.74. The Hall–Kier alpha value is -3.73. The molecule has 4 N–H and O–H groups in total. The Morgan fingerprint density at radius 1 is 1.41 bits per heavy atom. The average molecular weight is 399 g/mol. The first-order chi connectivity index (χ1) is 13.9. The van der Waals surface area contributed by atoms with Gasteiger partial charge in [0.1, 0.15) is 12.1 Å². The van der Waals surface area contributed by atoms with Crippen molar-refractivity contribution in [2.75, 3.05) is 24.3 Å². The van der Waals surface area contributed by atoms with Crippen molar-refractivity contribution in [3.05, 3.63) is 42.2 Å². The van der Waals surface area contributed by atoms with Crippen LogP contribution in [0.4, 0.5) is 11.5 Å². The minimum Gasteiger partial charge on any atom is -0.444 e. The van der Waals surface area contributed by atoms with E-state index >= 15 is 0 Å². The number of ether oxygens (including phenoxy) is 1. The van der Waals surface area contributed by atoms with Gasteiger partial charge in [0.05, 0.1) is 11.8 Å². The quantitative estimate of drug-likeness (QED) is 0.512. The second-order valence-corrected chi connectivity index (χ2v) is 6.28. The lowest BCUT2D eigenvalue weighted by Gasteiger charge is -2.11. The fourth-order valence-electron chi connectivity index (χ4n) is 2.45. The molecule has 0 bridgehead atoms. The number of pyridine rings is 1. The van der Waals surface area contributed by atoms with Gasteiger partial charge in [0.25, 0.3) is 11.8 Å². The summed E-state index contributed by atoms with van der Waals surface area (Å²) >= 11 is 0. The van der Waals surface area contributed by atoms with E-state index in [4.69, 9.17) is 14.9 Å². The van der Waals surface area contributed by atoms with Crippen molar-refractivity contribution < 1.29 is 18.7 Å². The van der Waals surface area contributed by atoms with Gasteiger partial charge in [-0.15, -0.1) is 0 Å². The van der Waals surface area contributed by atoms with E-state index in [2.05, 4.69) is 25.7 Å². The van der Waals surface area contributed by atoms with E-state index in [0.717, 1.165) is 0 Å². The summed E-state index contributed by atoms with van der Waals surface area (Å²) in [5.74, 6) is -0.433. The first-order valence-electron chi connectivity index (χ1n) is 8.70. The number of nitrogens with one attached hydrogen (secondary N) is 2. The molecule has 0 radical (unpaired) electrons. The van der Waals surface area contributed by atoms with Crippen LogP contribution in [0.25, 0.3) is 11.5 Å². The third kappa shape index (κ3) is 4.76. The number of rotatable bonds is 8. The van der Waals surface area contributed by atoms with Gasteiger partial charge < -0.3 is 25.5 Å². The van der Waals surface area contributed by atoms with Gasteiger partial charge >= 0.3 is 0 Å². The fourth-order valence-corrected chi connectivity index (χ4v) is 2.45. The zero-order valence-corrected chi connectivity index (χ0v) is 16.2. The Labute approximate surface area is 166 Å². The van der Waals surface area contributed by atoms with Crippen LogP contribution in [-0.2, 0) is 11.8 Å².